The van der Waals surface area contributed by atoms with Crippen molar-refractivity contribution >= 4 is 33.6 Å². The number of benzene rings is 2. The summed E-state index contributed by atoms with van der Waals surface area (Å²) >= 11 is 7.58. The van der Waals surface area contributed by atoms with E-state index in [4.69, 9.17) is 11.6 Å². The molecule has 0 bridgehead atoms. The van der Waals surface area contributed by atoms with Crippen molar-refractivity contribution in [1.82, 2.24) is 19.5 Å². The van der Waals surface area contributed by atoms with Gasteiger partial charge in [-0.1, -0.05) is 35.1 Å². The van der Waals surface area contributed by atoms with Crippen molar-refractivity contribution in [1.29, 1.82) is 0 Å². The van der Waals surface area contributed by atoms with Crippen LogP contribution >= 0.6 is 22.9 Å². The molecule has 9 heteroatoms. The standard InChI is InChI=1S/C22H21ClFN5OS/c1-14-25-22-29(26-14)21(30)20(31-22)19(15-2-4-16(23)5-3-15)28-12-10-27(11-13-28)18-8-6-17(24)7-9-18/h2-9,19,30H,10-13H2,1H3. The summed E-state index contributed by atoms with van der Waals surface area (Å²) in [5.41, 5.74) is 2.07. The zero-order valence-electron chi connectivity index (χ0n) is 16.9. The normalized spacial score (nSPS) is 16.2. The zero-order chi connectivity index (χ0) is 21.5. The Morgan fingerprint density at radius 1 is 1.03 bits per heavy atom. The third-order valence-corrected chi connectivity index (χ3v) is 6.94. The molecule has 4 aromatic rings. The van der Waals surface area contributed by atoms with E-state index in [0.29, 0.717) is 15.8 Å². The second kappa shape index (κ2) is 8.11. The van der Waals surface area contributed by atoms with E-state index in [0.717, 1.165) is 42.3 Å². The van der Waals surface area contributed by atoms with Crippen LogP contribution in [0.15, 0.2) is 48.5 Å². The number of anilines is 1. The van der Waals surface area contributed by atoms with Gasteiger partial charge in [0, 0.05) is 36.9 Å². The highest BCUT2D eigenvalue weighted by Crippen LogP contribution is 2.40. The summed E-state index contributed by atoms with van der Waals surface area (Å²) in [6.07, 6.45) is 0. The fourth-order valence-electron chi connectivity index (χ4n) is 4.09. The van der Waals surface area contributed by atoms with Gasteiger partial charge in [0.1, 0.15) is 11.6 Å². The van der Waals surface area contributed by atoms with Gasteiger partial charge < -0.3 is 10.0 Å². The Balaban J connectivity index is 1.46. The van der Waals surface area contributed by atoms with Gasteiger partial charge >= 0.3 is 0 Å². The first kappa shape index (κ1) is 20.2. The van der Waals surface area contributed by atoms with E-state index in [9.17, 15) is 9.50 Å². The van der Waals surface area contributed by atoms with Gasteiger partial charge in [0.2, 0.25) is 10.8 Å². The Hall–Kier alpha value is -2.68. The van der Waals surface area contributed by atoms with Crippen LogP contribution in [0.25, 0.3) is 4.96 Å². The lowest BCUT2D eigenvalue weighted by atomic mass is 10.0. The number of fused-ring (bicyclic) bond motifs is 1. The molecule has 0 spiro atoms. The molecule has 1 unspecified atom stereocenters. The van der Waals surface area contributed by atoms with Crippen molar-refractivity contribution in [2.45, 2.75) is 13.0 Å². The van der Waals surface area contributed by atoms with Crippen molar-refractivity contribution in [3.63, 3.8) is 0 Å². The third-order valence-electron chi connectivity index (χ3n) is 5.61. The number of aromatic nitrogens is 3. The fourth-order valence-corrected chi connectivity index (χ4v) is 5.38. The fraction of sp³-hybridized carbons (Fsp3) is 0.273. The summed E-state index contributed by atoms with van der Waals surface area (Å²) in [5, 5.41) is 15.9. The van der Waals surface area contributed by atoms with E-state index in [-0.39, 0.29) is 17.7 Å². The number of thiazole rings is 1. The molecule has 1 saturated heterocycles. The summed E-state index contributed by atoms with van der Waals surface area (Å²) < 4.78 is 14.8. The summed E-state index contributed by atoms with van der Waals surface area (Å²) in [6.45, 7) is 4.99. The molecule has 0 radical (unpaired) electrons. The Morgan fingerprint density at radius 2 is 1.71 bits per heavy atom. The molecule has 0 aliphatic carbocycles. The maximum absolute atomic E-state index is 13.3. The molecule has 1 aliphatic rings. The van der Waals surface area contributed by atoms with E-state index in [2.05, 4.69) is 19.9 Å². The molecule has 1 atom stereocenters. The minimum atomic E-state index is -0.229. The highest BCUT2D eigenvalue weighted by Gasteiger charge is 2.31. The van der Waals surface area contributed by atoms with E-state index >= 15 is 0 Å². The van der Waals surface area contributed by atoms with Gasteiger partial charge in [-0.2, -0.15) is 4.52 Å². The van der Waals surface area contributed by atoms with Gasteiger partial charge in [0.15, 0.2) is 0 Å². The van der Waals surface area contributed by atoms with Gasteiger partial charge in [-0.25, -0.2) is 9.37 Å². The third kappa shape index (κ3) is 3.86. The van der Waals surface area contributed by atoms with Crippen molar-refractivity contribution in [3.8, 4) is 5.88 Å². The lowest BCUT2D eigenvalue weighted by Gasteiger charge is -2.40. The van der Waals surface area contributed by atoms with E-state index in [1.165, 1.54) is 28.0 Å². The van der Waals surface area contributed by atoms with Crippen molar-refractivity contribution < 1.29 is 9.50 Å². The van der Waals surface area contributed by atoms with Crippen molar-refractivity contribution in [3.05, 3.63) is 75.6 Å². The van der Waals surface area contributed by atoms with Crippen molar-refractivity contribution in [2.24, 2.45) is 0 Å². The molecule has 1 N–H and O–H groups in total. The SMILES string of the molecule is Cc1nc2sc(C(c3ccc(Cl)cc3)N3CCN(c4ccc(F)cc4)CC3)c(O)n2n1. The molecule has 0 amide bonds. The Bertz CT molecular complexity index is 1200. The maximum Gasteiger partial charge on any atom is 0.230 e. The van der Waals surface area contributed by atoms with Crippen LogP contribution in [0.5, 0.6) is 5.88 Å². The van der Waals surface area contributed by atoms with Gasteiger partial charge in [-0.15, -0.1) is 5.10 Å². The van der Waals surface area contributed by atoms with Crippen molar-refractivity contribution in [2.75, 3.05) is 31.1 Å². The van der Waals surface area contributed by atoms with Crippen LogP contribution in [-0.4, -0.2) is 50.8 Å². The minimum absolute atomic E-state index is 0.126. The molecule has 160 valence electrons. The van der Waals surface area contributed by atoms with E-state index < -0.39 is 0 Å². The zero-order valence-corrected chi connectivity index (χ0v) is 18.4. The Morgan fingerprint density at radius 3 is 2.35 bits per heavy atom. The molecular weight excluding hydrogens is 437 g/mol. The van der Waals surface area contributed by atoms with Crippen LogP contribution in [0.1, 0.15) is 22.3 Å². The Labute approximate surface area is 188 Å². The molecule has 31 heavy (non-hydrogen) atoms. The second-order valence-corrected chi connectivity index (χ2v) is 9.04. The number of hydrogen-bond donors (Lipinski definition) is 1. The summed E-state index contributed by atoms with van der Waals surface area (Å²) in [4.78, 5) is 10.5. The summed E-state index contributed by atoms with van der Waals surface area (Å²) in [7, 11) is 0. The van der Waals surface area contributed by atoms with E-state index in [1.54, 1.807) is 0 Å². The topological polar surface area (TPSA) is 56.9 Å². The molecular formula is C22H21ClFN5OS. The van der Waals surface area contributed by atoms with Crippen LogP contribution in [0.3, 0.4) is 0 Å². The van der Waals surface area contributed by atoms with Gasteiger partial charge in [-0.05, 0) is 48.9 Å². The van der Waals surface area contributed by atoms with Crippen LogP contribution in [0.2, 0.25) is 5.02 Å². The van der Waals surface area contributed by atoms with Crippen LogP contribution in [-0.2, 0) is 0 Å². The van der Waals surface area contributed by atoms with Gasteiger partial charge in [0.25, 0.3) is 0 Å². The average molecular weight is 458 g/mol. The maximum atomic E-state index is 13.3. The number of nitrogens with zero attached hydrogens (tertiary/aromatic N) is 5. The first-order valence-corrected chi connectivity index (χ1v) is 11.2. The number of aromatic hydroxyl groups is 1. The summed E-state index contributed by atoms with van der Waals surface area (Å²) in [5.74, 6) is 0.526. The molecule has 1 fully saturated rings. The quantitative estimate of drug-likeness (QED) is 0.488. The molecule has 5 rings (SSSR count). The van der Waals surface area contributed by atoms with E-state index in [1.807, 2.05) is 43.3 Å². The average Bonchev–Trinajstić information content (AvgIpc) is 3.28. The smallest absolute Gasteiger partial charge is 0.230 e. The largest absolute Gasteiger partial charge is 0.492 e. The number of aryl methyl sites for hydroxylation is 1. The first-order valence-electron chi connectivity index (χ1n) is 10.0. The molecule has 1 aliphatic heterocycles. The monoisotopic (exact) mass is 457 g/mol. The lowest BCUT2D eigenvalue weighted by molar-refractivity contribution is 0.211. The predicted molar refractivity (Wildman–Crippen MR) is 121 cm³/mol. The highest BCUT2D eigenvalue weighted by atomic mass is 35.5. The molecule has 6 nitrogen and oxygen atoms in total. The van der Waals surface area contributed by atoms with Crippen LogP contribution < -0.4 is 4.90 Å². The van der Waals surface area contributed by atoms with Crippen LogP contribution in [0.4, 0.5) is 10.1 Å². The second-order valence-electron chi connectivity index (χ2n) is 7.60. The molecule has 2 aromatic carbocycles. The minimum Gasteiger partial charge on any atom is -0.492 e. The lowest BCUT2D eigenvalue weighted by Crippen LogP contribution is -2.47. The first-order chi connectivity index (χ1) is 15.0. The molecule has 2 aromatic heterocycles. The Kier molecular flexibility index (Phi) is 5.29. The number of halogens is 2. The molecule has 0 saturated carbocycles. The number of piperazine rings is 1. The number of hydrogen-bond acceptors (Lipinski definition) is 6. The molecule has 3 heterocycles. The summed E-state index contributed by atoms with van der Waals surface area (Å²) in [6, 6.07) is 14.2. The predicted octanol–water partition coefficient (Wildman–Crippen LogP) is 4.51. The van der Waals surface area contributed by atoms with Gasteiger partial charge in [0.05, 0.1) is 10.9 Å². The number of rotatable bonds is 4. The van der Waals surface area contributed by atoms with Gasteiger partial charge in [-0.3, -0.25) is 4.90 Å². The van der Waals surface area contributed by atoms with Crippen LogP contribution in [0, 0.1) is 12.7 Å². The highest BCUT2D eigenvalue weighted by molar-refractivity contribution is 7.17.